The third-order valence-electron chi connectivity index (χ3n) is 2.29. The van der Waals surface area contributed by atoms with Crippen molar-refractivity contribution in [1.29, 1.82) is 0 Å². The van der Waals surface area contributed by atoms with Crippen LogP contribution in [0.1, 0.15) is 18.9 Å². The van der Waals surface area contributed by atoms with E-state index in [2.05, 4.69) is 16.5 Å². The van der Waals surface area contributed by atoms with Gasteiger partial charge in [-0.15, -0.1) is 0 Å². The molecule has 1 N–H and O–H groups in total. The minimum Gasteiger partial charge on any atom is -0.481 e. The van der Waals surface area contributed by atoms with Crippen molar-refractivity contribution in [1.82, 2.24) is 9.88 Å². The van der Waals surface area contributed by atoms with E-state index < -0.39 is 5.97 Å². The molecular formula is C13H18N2O2. The van der Waals surface area contributed by atoms with E-state index in [1.807, 2.05) is 19.1 Å². The van der Waals surface area contributed by atoms with Gasteiger partial charge >= 0.3 is 5.97 Å². The predicted octanol–water partition coefficient (Wildman–Crippen LogP) is 1.93. The van der Waals surface area contributed by atoms with Gasteiger partial charge in [-0.05, 0) is 24.6 Å². The van der Waals surface area contributed by atoms with Crippen molar-refractivity contribution in [3.63, 3.8) is 0 Å². The summed E-state index contributed by atoms with van der Waals surface area (Å²) in [6.07, 6.45) is 3.63. The van der Waals surface area contributed by atoms with Crippen molar-refractivity contribution in [3.8, 4) is 0 Å². The van der Waals surface area contributed by atoms with Crippen molar-refractivity contribution < 1.29 is 9.90 Å². The predicted molar refractivity (Wildman–Crippen MR) is 66.6 cm³/mol. The molecule has 0 fully saturated rings. The SMILES string of the molecule is C=C(C)CN(CCC(=O)O)Cc1ccncc1. The van der Waals surface area contributed by atoms with Crippen LogP contribution in [-0.2, 0) is 11.3 Å². The average Bonchev–Trinajstić information content (AvgIpc) is 2.26. The quantitative estimate of drug-likeness (QED) is 0.732. The summed E-state index contributed by atoms with van der Waals surface area (Å²) in [5.41, 5.74) is 2.16. The summed E-state index contributed by atoms with van der Waals surface area (Å²) in [5.74, 6) is -0.772. The second kappa shape index (κ2) is 6.81. The highest BCUT2D eigenvalue weighted by molar-refractivity contribution is 5.66. The molecule has 4 nitrogen and oxygen atoms in total. The molecule has 0 saturated heterocycles. The molecule has 0 spiro atoms. The van der Waals surface area contributed by atoms with Gasteiger partial charge < -0.3 is 5.11 Å². The van der Waals surface area contributed by atoms with Crippen molar-refractivity contribution in [2.45, 2.75) is 19.9 Å². The number of nitrogens with zero attached hydrogens (tertiary/aromatic N) is 2. The monoisotopic (exact) mass is 234 g/mol. The van der Waals surface area contributed by atoms with Crippen LogP contribution in [0, 0.1) is 0 Å². The van der Waals surface area contributed by atoms with Crippen molar-refractivity contribution in [3.05, 3.63) is 42.2 Å². The maximum Gasteiger partial charge on any atom is 0.304 e. The Kier molecular flexibility index (Phi) is 5.36. The van der Waals surface area contributed by atoms with Gasteiger partial charge in [0.25, 0.3) is 0 Å². The molecule has 4 heteroatoms. The first-order valence-corrected chi connectivity index (χ1v) is 5.55. The Morgan fingerprint density at radius 2 is 2.12 bits per heavy atom. The largest absolute Gasteiger partial charge is 0.481 e. The Bertz CT molecular complexity index is 376. The van der Waals surface area contributed by atoms with Gasteiger partial charge in [0.2, 0.25) is 0 Å². The Morgan fingerprint density at radius 3 is 2.65 bits per heavy atom. The van der Waals surface area contributed by atoms with Crippen molar-refractivity contribution >= 4 is 5.97 Å². The highest BCUT2D eigenvalue weighted by atomic mass is 16.4. The van der Waals surface area contributed by atoms with Crippen LogP contribution in [-0.4, -0.2) is 34.0 Å². The van der Waals surface area contributed by atoms with Crippen molar-refractivity contribution in [2.24, 2.45) is 0 Å². The Hall–Kier alpha value is -1.68. The summed E-state index contributed by atoms with van der Waals surface area (Å²) in [6, 6.07) is 3.87. The lowest BCUT2D eigenvalue weighted by molar-refractivity contribution is -0.137. The summed E-state index contributed by atoms with van der Waals surface area (Å²) in [7, 11) is 0. The average molecular weight is 234 g/mol. The first-order valence-electron chi connectivity index (χ1n) is 5.55. The zero-order valence-electron chi connectivity index (χ0n) is 10.1. The maximum atomic E-state index is 10.6. The zero-order valence-corrected chi connectivity index (χ0v) is 10.1. The van der Waals surface area contributed by atoms with E-state index in [9.17, 15) is 4.79 Å². The number of carboxylic acid groups (broad SMARTS) is 1. The lowest BCUT2D eigenvalue weighted by Gasteiger charge is -2.21. The highest BCUT2D eigenvalue weighted by Gasteiger charge is 2.08. The standard InChI is InChI=1S/C13H18N2O2/c1-11(2)9-15(8-5-13(16)17)10-12-3-6-14-7-4-12/h3-4,6-7H,1,5,8-10H2,2H3,(H,16,17). The van der Waals surface area contributed by atoms with Crippen LogP contribution in [0.15, 0.2) is 36.7 Å². The van der Waals surface area contributed by atoms with Crippen molar-refractivity contribution in [2.75, 3.05) is 13.1 Å². The van der Waals surface area contributed by atoms with E-state index in [1.165, 1.54) is 0 Å². The molecule has 1 aromatic rings. The van der Waals surface area contributed by atoms with Gasteiger partial charge in [0.05, 0.1) is 6.42 Å². The van der Waals surface area contributed by atoms with E-state index in [1.54, 1.807) is 12.4 Å². The van der Waals surface area contributed by atoms with E-state index in [-0.39, 0.29) is 6.42 Å². The molecule has 0 aromatic carbocycles. The summed E-state index contributed by atoms with van der Waals surface area (Å²) in [5, 5.41) is 8.70. The minimum absolute atomic E-state index is 0.151. The van der Waals surface area contributed by atoms with Gasteiger partial charge in [0.1, 0.15) is 0 Å². The molecule has 0 bridgehead atoms. The Labute approximate surface area is 102 Å². The zero-order chi connectivity index (χ0) is 12.7. The second-order valence-electron chi connectivity index (χ2n) is 4.17. The number of carbonyl (C=O) groups is 1. The fourth-order valence-electron chi connectivity index (χ4n) is 1.60. The Morgan fingerprint density at radius 1 is 1.47 bits per heavy atom. The molecule has 0 atom stereocenters. The fraction of sp³-hybridized carbons (Fsp3) is 0.385. The number of aliphatic carboxylic acids is 1. The topological polar surface area (TPSA) is 53.4 Å². The summed E-state index contributed by atoms with van der Waals surface area (Å²) < 4.78 is 0. The number of carboxylic acids is 1. The number of hydrogen-bond donors (Lipinski definition) is 1. The molecule has 1 aromatic heterocycles. The summed E-state index contributed by atoms with van der Waals surface area (Å²) >= 11 is 0. The molecule has 0 radical (unpaired) electrons. The minimum atomic E-state index is -0.772. The first kappa shape index (κ1) is 13.4. The van der Waals surface area contributed by atoms with Crippen LogP contribution in [0.4, 0.5) is 0 Å². The lowest BCUT2D eigenvalue weighted by atomic mass is 10.2. The third kappa shape index (κ3) is 5.82. The molecule has 92 valence electrons. The van der Waals surface area contributed by atoms with Crippen LogP contribution in [0.5, 0.6) is 0 Å². The molecular weight excluding hydrogens is 216 g/mol. The highest BCUT2D eigenvalue weighted by Crippen LogP contribution is 2.06. The smallest absolute Gasteiger partial charge is 0.304 e. The van der Waals surface area contributed by atoms with Crippen LogP contribution in [0.3, 0.4) is 0 Å². The first-order chi connectivity index (χ1) is 8.08. The molecule has 17 heavy (non-hydrogen) atoms. The van der Waals surface area contributed by atoms with E-state index in [4.69, 9.17) is 5.11 Å². The molecule has 0 aliphatic rings. The molecule has 1 rings (SSSR count). The number of hydrogen-bond acceptors (Lipinski definition) is 3. The van der Waals surface area contributed by atoms with Crippen LogP contribution >= 0.6 is 0 Å². The molecule has 0 saturated carbocycles. The second-order valence-corrected chi connectivity index (χ2v) is 4.17. The fourth-order valence-corrected chi connectivity index (χ4v) is 1.60. The Balaban J connectivity index is 2.56. The molecule has 0 unspecified atom stereocenters. The third-order valence-corrected chi connectivity index (χ3v) is 2.29. The van der Waals surface area contributed by atoms with E-state index >= 15 is 0 Å². The summed E-state index contributed by atoms with van der Waals surface area (Å²) in [6.45, 7) is 7.78. The molecule has 0 amide bonds. The van der Waals surface area contributed by atoms with Gasteiger partial charge in [-0.3, -0.25) is 14.7 Å². The molecule has 0 aliphatic carbocycles. The van der Waals surface area contributed by atoms with Crippen LogP contribution in [0.25, 0.3) is 0 Å². The lowest BCUT2D eigenvalue weighted by Crippen LogP contribution is -2.27. The number of rotatable bonds is 7. The normalized spacial score (nSPS) is 10.5. The molecule has 1 heterocycles. The molecule has 0 aliphatic heterocycles. The van der Waals surface area contributed by atoms with E-state index in [0.717, 1.165) is 24.2 Å². The van der Waals surface area contributed by atoms with Crippen LogP contribution in [0.2, 0.25) is 0 Å². The van der Waals surface area contributed by atoms with E-state index in [0.29, 0.717) is 6.54 Å². The van der Waals surface area contributed by atoms with Gasteiger partial charge in [0, 0.05) is 32.0 Å². The van der Waals surface area contributed by atoms with Gasteiger partial charge in [-0.25, -0.2) is 0 Å². The number of aromatic nitrogens is 1. The summed E-state index contributed by atoms with van der Waals surface area (Å²) in [4.78, 5) is 16.6. The number of pyridine rings is 1. The van der Waals surface area contributed by atoms with Gasteiger partial charge in [-0.1, -0.05) is 12.2 Å². The van der Waals surface area contributed by atoms with Crippen LogP contribution < -0.4 is 0 Å². The van der Waals surface area contributed by atoms with Gasteiger partial charge in [-0.2, -0.15) is 0 Å². The maximum absolute atomic E-state index is 10.6. The van der Waals surface area contributed by atoms with Gasteiger partial charge in [0.15, 0.2) is 0 Å².